The maximum Gasteiger partial charge on any atom is 0.251 e. The Labute approximate surface area is 154 Å². The van der Waals surface area contributed by atoms with Gasteiger partial charge in [-0.05, 0) is 49.2 Å². The summed E-state index contributed by atoms with van der Waals surface area (Å²) in [6.45, 7) is 0.327. The van der Waals surface area contributed by atoms with Crippen molar-refractivity contribution < 1.29 is 13.6 Å². The number of aromatic nitrogens is 2. The summed E-state index contributed by atoms with van der Waals surface area (Å²) in [4.78, 5) is 12.0. The van der Waals surface area contributed by atoms with Gasteiger partial charge in [-0.3, -0.25) is 9.89 Å². The Morgan fingerprint density at radius 2 is 1.81 bits per heavy atom. The van der Waals surface area contributed by atoms with E-state index in [0.29, 0.717) is 29.4 Å². The standard InChI is InChI=1S/C20H18F2N4O/c21-16-2-1-3-17(22)18(16)19-13(11-24-26-19)10-23-14-6-4-12(5-7-14)20(27)25-15-8-9-15/h1-7,11,15,23H,8-10H2,(H,24,26)(H,25,27). The van der Waals surface area contributed by atoms with Gasteiger partial charge in [-0.1, -0.05) is 6.07 Å². The molecule has 0 spiro atoms. The largest absolute Gasteiger partial charge is 0.381 e. The highest BCUT2D eigenvalue weighted by Gasteiger charge is 2.23. The molecule has 1 aliphatic carbocycles. The molecule has 0 saturated heterocycles. The highest BCUT2D eigenvalue weighted by Crippen LogP contribution is 2.27. The molecule has 27 heavy (non-hydrogen) atoms. The molecule has 1 heterocycles. The molecule has 1 aliphatic rings. The lowest BCUT2D eigenvalue weighted by Crippen LogP contribution is -2.25. The fourth-order valence-electron chi connectivity index (χ4n) is 2.83. The number of nitrogens with zero attached hydrogens (tertiary/aromatic N) is 1. The minimum atomic E-state index is -0.647. The van der Waals surface area contributed by atoms with E-state index in [2.05, 4.69) is 20.8 Å². The fraction of sp³-hybridized carbons (Fsp3) is 0.200. The van der Waals surface area contributed by atoms with E-state index in [1.54, 1.807) is 24.3 Å². The molecular formula is C20H18F2N4O. The number of carbonyl (C=O) groups is 1. The summed E-state index contributed by atoms with van der Waals surface area (Å²) < 4.78 is 28.1. The molecule has 4 rings (SSSR count). The predicted octanol–water partition coefficient (Wildman–Crippen LogP) is 3.86. The van der Waals surface area contributed by atoms with Gasteiger partial charge < -0.3 is 10.6 Å². The van der Waals surface area contributed by atoms with E-state index in [1.807, 2.05) is 0 Å². The molecule has 0 unspecified atom stereocenters. The molecule has 3 aromatic rings. The van der Waals surface area contributed by atoms with Gasteiger partial charge in [-0.25, -0.2) is 8.78 Å². The Bertz CT molecular complexity index is 944. The van der Waals surface area contributed by atoms with Crippen LogP contribution in [0.5, 0.6) is 0 Å². The smallest absolute Gasteiger partial charge is 0.251 e. The van der Waals surface area contributed by atoms with E-state index in [0.717, 1.165) is 18.5 Å². The molecule has 1 amide bonds. The van der Waals surface area contributed by atoms with Crippen molar-refractivity contribution in [2.45, 2.75) is 25.4 Å². The van der Waals surface area contributed by atoms with Crippen LogP contribution in [0.3, 0.4) is 0 Å². The number of hydrogen-bond donors (Lipinski definition) is 3. The van der Waals surface area contributed by atoms with Crippen LogP contribution in [0.2, 0.25) is 0 Å². The number of hydrogen-bond acceptors (Lipinski definition) is 3. The Kier molecular flexibility index (Phi) is 4.58. The second-order valence-electron chi connectivity index (χ2n) is 6.55. The normalized spacial score (nSPS) is 13.4. The zero-order valence-corrected chi connectivity index (χ0v) is 14.4. The number of halogens is 2. The molecule has 1 fully saturated rings. The van der Waals surface area contributed by atoms with Gasteiger partial charge in [-0.2, -0.15) is 5.10 Å². The van der Waals surface area contributed by atoms with Crippen LogP contribution >= 0.6 is 0 Å². The van der Waals surface area contributed by atoms with Crippen molar-refractivity contribution in [1.82, 2.24) is 15.5 Å². The number of amides is 1. The summed E-state index contributed by atoms with van der Waals surface area (Å²) in [6, 6.07) is 11.1. The molecule has 0 atom stereocenters. The van der Waals surface area contributed by atoms with Crippen molar-refractivity contribution in [3.05, 3.63) is 71.4 Å². The number of H-pyrrole nitrogens is 1. The second kappa shape index (κ2) is 7.19. The van der Waals surface area contributed by atoms with Gasteiger partial charge in [0.2, 0.25) is 0 Å². The number of aromatic amines is 1. The lowest BCUT2D eigenvalue weighted by Gasteiger charge is -2.09. The van der Waals surface area contributed by atoms with Crippen molar-refractivity contribution in [2.24, 2.45) is 0 Å². The zero-order chi connectivity index (χ0) is 18.8. The third-order valence-electron chi connectivity index (χ3n) is 4.47. The van der Waals surface area contributed by atoms with E-state index < -0.39 is 11.6 Å². The summed E-state index contributed by atoms with van der Waals surface area (Å²) >= 11 is 0. The summed E-state index contributed by atoms with van der Waals surface area (Å²) in [7, 11) is 0. The van der Waals surface area contributed by atoms with E-state index in [4.69, 9.17) is 0 Å². The van der Waals surface area contributed by atoms with Crippen molar-refractivity contribution in [2.75, 3.05) is 5.32 Å². The first-order valence-electron chi connectivity index (χ1n) is 8.73. The van der Waals surface area contributed by atoms with Gasteiger partial charge in [0.05, 0.1) is 17.5 Å². The van der Waals surface area contributed by atoms with Crippen LogP contribution < -0.4 is 10.6 Å². The second-order valence-corrected chi connectivity index (χ2v) is 6.55. The van der Waals surface area contributed by atoms with Crippen LogP contribution in [0.15, 0.2) is 48.7 Å². The van der Waals surface area contributed by atoms with E-state index in [1.165, 1.54) is 24.4 Å². The quantitative estimate of drug-likeness (QED) is 0.619. The highest BCUT2D eigenvalue weighted by molar-refractivity contribution is 5.94. The van der Waals surface area contributed by atoms with Crippen LogP contribution in [0.4, 0.5) is 14.5 Å². The average molecular weight is 368 g/mol. The molecule has 1 aromatic heterocycles. The number of benzene rings is 2. The molecule has 5 nitrogen and oxygen atoms in total. The van der Waals surface area contributed by atoms with Gasteiger partial charge in [0.15, 0.2) is 0 Å². The Morgan fingerprint density at radius 1 is 1.11 bits per heavy atom. The average Bonchev–Trinajstić information content (AvgIpc) is 3.36. The Morgan fingerprint density at radius 3 is 2.48 bits per heavy atom. The maximum absolute atomic E-state index is 14.0. The minimum absolute atomic E-state index is 0.0730. The molecular weight excluding hydrogens is 350 g/mol. The van der Waals surface area contributed by atoms with Crippen molar-refractivity contribution in [1.29, 1.82) is 0 Å². The van der Waals surface area contributed by atoms with Crippen molar-refractivity contribution in [3.8, 4) is 11.3 Å². The molecule has 1 saturated carbocycles. The van der Waals surface area contributed by atoms with Gasteiger partial charge in [0.1, 0.15) is 11.6 Å². The maximum atomic E-state index is 14.0. The molecule has 138 valence electrons. The lowest BCUT2D eigenvalue weighted by molar-refractivity contribution is 0.0951. The summed E-state index contributed by atoms with van der Waals surface area (Å²) in [5.41, 5.74) is 2.20. The minimum Gasteiger partial charge on any atom is -0.381 e. The zero-order valence-electron chi connectivity index (χ0n) is 14.4. The van der Waals surface area contributed by atoms with E-state index >= 15 is 0 Å². The van der Waals surface area contributed by atoms with Gasteiger partial charge in [-0.15, -0.1) is 0 Å². The molecule has 7 heteroatoms. The Hall–Kier alpha value is -3.22. The highest BCUT2D eigenvalue weighted by atomic mass is 19.1. The fourth-order valence-corrected chi connectivity index (χ4v) is 2.83. The van der Waals surface area contributed by atoms with Crippen LogP contribution in [-0.2, 0) is 6.54 Å². The third kappa shape index (κ3) is 3.81. The summed E-state index contributed by atoms with van der Waals surface area (Å²) in [5.74, 6) is -1.37. The van der Waals surface area contributed by atoms with Crippen LogP contribution in [0, 0.1) is 11.6 Å². The van der Waals surface area contributed by atoms with Crippen molar-refractivity contribution in [3.63, 3.8) is 0 Å². The molecule has 2 aromatic carbocycles. The van der Waals surface area contributed by atoms with E-state index in [-0.39, 0.29) is 11.5 Å². The van der Waals surface area contributed by atoms with Crippen molar-refractivity contribution >= 4 is 11.6 Å². The van der Waals surface area contributed by atoms with Crippen LogP contribution in [0.25, 0.3) is 11.3 Å². The van der Waals surface area contributed by atoms with Crippen LogP contribution in [0.1, 0.15) is 28.8 Å². The predicted molar refractivity (Wildman–Crippen MR) is 98.2 cm³/mol. The Balaban J connectivity index is 1.45. The first kappa shape index (κ1) is 17.2. The molecule has 0 aliphatic heterocycles. The number of nitrogens with one attached hydrogen (secondary N) is 3. The first-order chi connectivity index (χ1) is 13.1. The summed E-state index contributed by atoms with van der Waals surface area (Å²) in [5, 5.41) is 12.7. The topological polar surface area (TPSA) is 69.8 Å². The lowest BCUT2D eigenvalue weighted by atomic mass is 10.1. The SMILES string of the molecule is O=C(NC1CC1)c1ccc(NCc2cn[nH]c2-c2c(F)cccc2F)cc1. The molecule has 0 radical (unpaired) electrons. The van der Waals surface area contributed by atoms with E-state index in [9.17, 15) is 13.6 Å². The summed E-state index contributed by atoms with van der Waals surface area (Å²) in [6.07, 6.45) is 3.62. The third-order valence-corrected chi connectivity index (χ3v) is 4.47. The number of rotatable bonds is 6. The first-order valence-corrected chi connectivity index (χ1v) is 8.73. The number of carbonyl (C=O) groups excluding carboxylic acids is 1. The van der Waals surface area contributed by atoms with Gasteiger partial charge >= 0.3 is 0 Å². The molecule has 0 bridgehead atoms. The van der Waals surface area contributed by atoms with Gasteiger partial charge in [0, 0.05) is 29.4 Å². The van der Waals surface area contributed by atoms with Gasteiger partial charge in [0.25, 0.3) is 5.91 Å². The monoisotopic (exact) mass is 368 g/mol. The van der Waals surface area contributed by atoms with Crippen LogP contribution in [-0.4, -0.2) is 22.1 Å². The molecule has 3 N–H and O–H groups in total. The number of anilines is 1.